The Labute approximate surface area is 246 Å². The summed E-state index contributed by atoms with van der Waals surface area (Å²) >= 11 is 1.44. The molecule has 2 fully saturated rings. The molecule has 3 aromatic rings. The van der Waals surface area contributed by atoms with Gasteiger partial charge in [0.2, 0.25) is 17.7 Å². The van der Waals surface area contributed by atoms with Crippen LogP contribution in [0.3, 0.4) is 0 Å². The van der Waals surface area contributed by atoms with E-state index in [9.17, 15) is 19.5 Å². The van der Waals surface area contributed by atoms with Gasteiger partial charge in [-0.3, -0.25) is 14.3 Å². The highest BCUT2D eigenvalue weighted by Gasteiger charge is 2.61. The van der Waals surface area contributed by atoms with Crippen molar-refractivity contribution in [2.45, 2.75) is 75.6 Å². The van der Waals surface area contributed by atoms with Gasteiger partial charge in [0.1, 0.15) is 28.1 Å². The van der Waals surface area contributed by atoms with Crippen LogP contribution in [0, 0.1) is 12.8 Å². The molecule has 5 atom stereocenters. The summed E-state index contributed by atoms with van der Waals surface area (Å²) in [4.78, 5) is 50.4. The molecule has 1 saturated heterocycles. The average molecular weight is 594 g/mol. The van der Waals surface area contributed by atoms with Crippen LogP contribution in [0.1, 0.15) is 50.6 Å². The SMILES string of the molecule is Cc1cc(-c2nc(O[C@@H]3C[C@H]4C(=O)N[C@]5(C(=O)O)C[C@H]5C=CCCCCC[C@H](N)C(=O)N4C3)c3sccc3n2)n(C)n1. The lowest BCUT2D eigenvalue weighted by atomic mass is 10.1. The summed E-state index contributed by atoms with van der Waals surface area (Å²) in [6, 6.07) is 2.11. The molecule has 4 N–H and O–H groups in total. The molecule has 222 valence electrons. The second-order valence-electron chi connectivity index (χ2n) is 11.5. The van der Waals surface area contributed by atoms with Crippen molar-refractivity contribution in [3.8, 4) is 17.4 Å². The number of carboxylic acids is 1. The number of fused-ring (bicyclic) bond motifs is 3. The van der Waals surface area contributed by atoms with Crippen molar-refractivity contribution in [2.24, 2.45) is 18.7 Å². The number of aryl methyl sites for hydroxylation is 2. The van der Waals surface area contributed by atoms with Crippen molar-refractivity contribution in [3.05, 3.63) is 35.4 Å². The van der Waals surface area contributed by atoms with Gasteiger partial charge < -0.3 is 25.8 Å². The summed E-state index contributed by atoms with van der Waals surface area (Å²) in [5.74, 6) is -1.38. The zero-order valence-corrected chi connectivity index (χ0v) is 24.5. The molecule has 2 aliphatic heterocycles. The number of carboxylic acid groups (broad SMARTS) is 1. The van der Waals surface area contributed by atoms with Crippen LogP contribution in [0.4, 0.5) is 0 Å². The standard InChI is InChI=1S/C29H35N7O5S/c1-16-12-21(35(2)34-16)24-31-20-10-11-42-23(20)26(32-24)41-18-13-22-25(37)33-29(28(39)40)14-17(29)8-6-4-3-5-7-9-19(30)27(38)36(22)15-18/h6,8,10-12,17-19,22H,3-5,7,9,13-15,30H2,1-2H3,(H,33,37)(H,39,40)/t17-,18-,19+,22+,29-/m1/s1. The zero-order chi connectivity index (χ0) is 29.6. The Kier molecular flexibility index (Phi) is 7.48. The number of hydrogen-bond acceptors (Lipinski definition) is 9. The Morgan fingerprint density at radius 1 is 1.26 bits per heavy atom. The number of carbonyl (C=O) groups is 3. The summed E-state index contributed by atoms with van der Waals surface area (Å²) < 4.78 is 8.89. The number of allylic oxidation sites excluding steroid dienone is 1. The molecule has 0 spiro atoms. The van der Waals surface area contributed by atoms with E-state index in [1.165, 1.54) is 16.2 Å². The number of ether oxygens (including phenoxy) is 1. The molecule has 13 heteroatoms. The predicted octanol–water partition coefficient (Wildman–Crippen LogP) is 2.56. The first-order valence-electron chi connectivity index (χ1n) is 14.4. The number of thiophene rings is 1. The van der Waals surface area contributed by atoms with Gasteiger partial charge >= 0.3 is 5.97 Å². The van der Waals surface area contributed by atoms with E-state index in [2.05, 4.69) is 10.4 Å². The minimum absolute atomic E-state index is 0.130. The van der Waals surface area contributed by atoms with Crippen molar-refractivity contribution in [3.63, 3.8) is 0 Å². The van der Waals surface area contributed by atoms with Gasteiger partial charge in [-0.25, -0.2) is 9.78 Å². The molecule has 0 unspecified atom stereocenters. The van der Waals surface area contributed by atoms with E-state index >= 15 is 0 Å². The highest BCUT2D eigenvalue weighted by molar-refractivity contribution is 7.17. The molecular formula is C29H35N7O5S. The second-order valence-corrected chi connectivity index (χ2v) is 12.4. The monoisotopic (exact) mass is 593 g/mol. The molecule has 0 bridgehead atoms. The molecule has 2 amide bonds. The summed E-state index contributed by atoms with van der Waals surface area (Å²) in [5.41, 5.74) is 7.25. The van der Waals surface area contributed by atoms with Crippen LogP contribution >= 0.6 is 11.3 Å². The van der Waals surface area contributed by atoms with Crippen LogP contribution < -0.4 is 15.8 Å². The maximum Gasteiger partial charge on any atom is 0.330 e. The predicted molar refractivity (Wildman–Crippen MR) is 156 cm³/mol. The molecule has 5 heterocycles. The Morgan fingerprint density at radius 3 is 2.86 bits per heavy atom. The first-order valence-corrected chi connectivity index (χ1v) is 15.3. The van der Waals surface area contributed by atoms with Crippen LogP contribution in [0.5, 0.6) is 5.88 Å². The Balaban J connectivity index is 1.29. The third-order valence-electron chi connectivity index (χ3n) is 8.44. The number of amides is 2. The number of aromatic nitrogens is 4. The van der Waals surface area contributed by atoms with Crippen LogP contribution in [0.15, 0.2) is 29.7 Å². The van der Waals surface area contributed by atoms with Gasteiger partial charge in [-0.1, -0.05) is 25.0 Å². The van der Waals surface area contributed by atoms with Crippen molar-refractivity contribution >= 4 is 39.3 Å². The molecule has 1 saturated carbocycles. The number of carbonyl (C=O) groups excluding carboxylic acids is 2. The third kappa shape index (κ3) is 5.26. The minimum Gasteiger partial charge on any atom is -0.479 e. The van der Waals surface area contributed by atoms with Crippen LogP contribution in [-0.4, -0.2) is 77.8 Å². The lowest BCUT2D eigenvalue weighted by Crippen LogP contribution is -2.55. The van der Waals surface area contributed by atoms with Gasteiger partial charge in [0.25, 0.3) is 0 Å². The average Bonchev–Trinajstić information content (AvgIpc) is 3.28. The molecule has 42 heavy (non-hydrogen) atoms. The van der Waals surface area contributed by atoms with Gasteiger partial charge in [0.15, 0.2) is 5.82 Å². The first-order chi connectivity index (χ1) is 20.2. The fraction of sp³-hybridized carbons (Fsp3) is 0.517. The summed E-state index contributed by atoms with van der Waals surface area (Å²) in [5, 5.41) is 19.1. The molecule has 1 aliphatic carbocycles. The maximum absolute atomic E-state index is 13.7. The normalized spacial score (nSPS) is 28.5. The smallest absolute Gasteiger partial charge is 0.330 e. The summed E-state index contributed by atoms with van der Waals surface area (Å²) in [6.07, 6.45) is 7.78. The van der Waals surface area contributed by atoms with Crippen LogP contribution in [0.25, 0.3) is 21.7 Å². The van der Waals surface area contributed by atoms with E-state index in [1.807, 2.05) is 43.6 Å². The highest BCUT2D eigenvalue weighted by Crippen LogP contribution is 2.45. The third-order valence-corrected chi connectivity index (χ3v) is 9.34. The van der Waals surface area contributed by atoms with Crippen LogP contribution in [0.2, 0.25) is 0 Å². The number of aliphatic carboxylic acids is 1. The van der Waals surface area contributed by atoms with Crippen molar-refractivity contribution < 1.29 is 24.2 Å². The molecule has 3 aromatic heterocycles. The molecule has 6 rings (SSSR count). The quantitative estimate of drug-likeness (QED) is 0.386. The van der Waals surface area contributed by atoms with Crippen molar-refractivity contribution in [1.29, 1.82) is 0 Å². The van der Waals surface area contributed by atoms with E-state index in [0.717, 1.165) is 47.3 Å². The molecule has 12 nitrogen and oxygen atoms in total. The van der Waals surface area contributed by atoms with Gasteiger partial charge in [0, 0.05) is 19.4 Å². The lowest BCUT2D eigenvalue weighted by molar-refractivity contribution is -0.145. The second kappa shape index (κ2) is 11.1. The van der Waals surface area contributed by atoms with E-state index < -0.39 is 35.6 Å². The topological polar surface area (TPSA) is 166 Å². The van der Waals surface area contributed by atoms with E-state index in [0.29, 0.717) is 24.5 Å². The van der Waals surface area contributed by atoms with Crippen molar-refractivity contribution in [1.82, 2.24) is 30.0 Å². The summed E-state index contributed by atoms with van der Waals surface area (Å²) in [6.45, 7) is 2.02. The minimum atomic E-state index is -1.37. The van der Waals surface area contributed by atoms with E-state index in [-0.39, 0.29) is 24.8 Å². The number of nitrogens with zero attached hydrogens (tertiary/aromatic N) is 5. The lowest BCUT2D eigenvalue weighted by Gasteiger charge is -2.27. The summed E-state index contributed by atoms with van der Waals surface area (Å²) in [7, 11) is 1.82. The number of hydrogen-bond donors (Lipinski definition) is 3. The van der Waals surface area contributed by atoms with E-state index in [4.69, 9.17) is 20.4 Å². The zero-order valence-electron chi connectivity index (χ0n) is 23.7. The Bertz CT molecular complexity index is 1570. The van der Waals surface area contributed by atoms with Gasteiger partial charge in [0.05, 0.1) is 23.8 Å². The number of nitrogens with one attached hydrogen (secondary N) is 1. The van der Waals surface area contributed by atoms with Crippen molar-refractivity contribution in [2.75, 3.05) is 6.54 Å². The number of rotatable bonds is 4. The fourth-order valence-corrected chi connectivity index (χ4v) is 6.81. The molecule has 0 aromatic carbocycles. The Morgan fingerprint density at radius 2 is 2.10 bits per heavy atom. The molecule has 3 aliphatic rings. The van der Waals surface area contributed by atoms with E-state index in [1.54, 1.807) is 4.68 Å². The van der Waals surface area contributed by atoms with Crippen LogP contribution in [-0.2, 0) is 21.4 Å². The Hall–Kier alpha value is -3.84. The largest absolute Gasteiger partial charge is 0.479 e. The number of nitrogens with two attached hydrogens (primary N) is 1. The fourth-order valence-electron chi connectivity index (χ4n) is 6.05. The first kappa shape index (κ1) is 28.3. The highest BCUT2D eigenvalue weighted by atomic mass is 32.1. The van der Waals surface area contributed by atoms with Gasteiger partial charge in [-0.05, 0) is 50.1 Å². The van der Waals surface area contributed by atoms with Gasteiger partial charge in [-0.2, -0.15) is 10.1 Å². The maximum atomic E-state index is 13.7. The van der Waals surface area contributed by atoms with Gasteiger partial charge in [-0.15, -0.1) is 11.3 Å². The molecular weight excluding hydrogens is 558 g/mol. The molecule has 0 radical (unpaired) electrons.